The molecule has 1 amide bonds. The first-order valence-electron chi connectivity index (χ1n) is 10.5. The quantitative estimate of drug-likeness (QED) is 0.493. The van der Waals surface area contributed by atoms with Crippen LogP contribution in [-0.4, -0.2) is 39.8 Å². The van der Waals surface area contributed by atoms with Gasteiger partial charge < -0.3 is 10.1 Å². The molecule has 1 atom stereocenters. The Kier molecular flexibility index (Phi) is 5.55. The van der Waals surface area contributed by atoms with Gasteiger partial charge in [0.1, 0.15) is 18.3 Å². The molecular weight excluding hydrogens is 416 g/mol. The van der Waals surface area contributed by atoms with E-state index >= 15 is 0 Å². The van der Waals surface area contributed by atoms with Crippen molar-refractivity contribution < 1.29 is 9.53 Å². The highest BCUT2D eigenvalue weighted by Crippen LogP contribution is 2.36. The van der Waals surface area contributed by atoms with Gasteiger partial charge in [-0.2, -0.15) is 4.68 Å². The molecule has 0 aliphatic carbocycles. The van der Waals surface area contributed by atoms with Crippen LogP contribution in [0, 0.1) is 0 Å². The van der Waals surface area contributed by atoms with Crippen LogP contribution >= 0.6 is 0 Å². The minimum atomic E-state index is -0.214. The fourth-order valence-electron chi connectivity index (χ4n) is 3.95. The maximum atomic E-state index is 13.1. The van der Waals surface area contributed by atoms with Gasteiger partial charge in [0.05, 0.1) is 18.5 Å². The van der Waals surface area contributed by atoms with Gasteiger partial charge in [-0.15, -0.1) is 0 Å². The van der Waals surface area contributed by atoms with Crippen LogP contribution in [0.3, 0.4) is 0 Å². The maximum Gasteiger partial charge on any atom is 0.251 e. The van der Waals surface area contributed by atoms with E-state index in [1.54, 1.807) is 23.9 Å². The normalized spacial score (nSPS) is 14.9. The number of rotatable bonds is 6. The van der Waals surface area contributed by atoms with E-state index < -0.39 is 0 Å². The second-order valence-corrected chi connectivity index (χ2v) is 7.53. The number of tetrazole rings is 1. The number of aromatic nitrogens is 4. The van der Waals surface area contributed by atoms with E-state index in [0.717, 1.165) is 16.8 Å². The molecule has 1 aliphatic rings. The van der Waals surface area contributed by atoms with Gasteiger partial charge in [0, 0.05) is 0 Å². The highest BCUT2D eigenvalue weighted by Gasteiger charge is 2.31. The van der Waals surface area contributed by atoms with Crippen molar-refractivity contribution in [3.63, 3.8) is 0 Å². The average Bonchev–Trinajstić information content (AvgIpc) is 3.36. The number of carbonyl (C=O) groups is 1. The summed E-state index contributed by atoms with van der Waals surface area (Å²) in [6.45, 7) is 0.0284. The lowest BCUT2D eigenvalue weighted by atomic mass is 10.0. The van der Waals surface area contributed by atoms with Crippen LogP contribution in [0.15, 0.2) is 91.0 Å². The summed E-state index contributed by atoms with van der Waals surface area (Å²) in [5.41, 5.74) is 3.49. The number of hydrogen-bond acceptors (Lipinski definition) is 6. The van der Waals surface area contributed by atoms with Crippen molar-refractivity contribution in [2.45, 2.75) is 6.04 Å². The Morgan fingerprint density at radius 3 is 2.42 bits per heavy atom. The Morgan fingerprint density at radius 1 is 0.970 bits per heavy atom. The maximum absolute atomic E-state index is 13.1. The number of amides is 1. The van der Waals surface area contributed by atoms with Crippen LogP contribution in [0.1, 0.15) is 17.2 Å². The standard InChI is InChI=1S/C25H22N6O2/c1-33-23-15-9-8-14-20(23)26-24(32)17-30-21(18-10-4-2-5-11-18)16-22(19-12-6-3-7-13-19)31-25(30)27-28-29-31/h2-16,22H,17H2,1H3,(H,26,32). The smallest absolute Gasteiger partial charge is 0.251 e. The zero-order valence-electron chi connectivity index (χ0n) is 18.0. The number of anilines is 2. The number of allylic oxidation sites excluding steroid dienone is 1. The molecular formula is C25H22N6O2. The number of para-hydroxylation sites is 2. The fraction of sp³-hybridized carbons (Fsp3) is 0.120. The summed E-state index contributed by atoms with van der Waals surface area (Å²) in [6.07, 6.45) is 2.09. The molecule has 4 aromatic rings. The van der Waals surface area contributed by atoms with Crippen molar-refractivity contribution in [3.05, 3.63) is 102 Å². The summed E-state index contributed by atoms with van der Waals surface area (Å²) >= 11 is 0. The molecule has 0 spiro atoms. The van der Waals surface area contributed by atoms with Crippen molar-refractivity contribution >= 4 is 23.2 Å². The summed E-state index contributed by atoms with van der Waals surface area (Å²) in [4.78, 5) is 14.9. The molecule has 0 saturated carbocycles. The van der Waals surface area contributed by atoms with Gasteiger partial charge in [-0.1, -0.05) is 77.9 Å². The van der Waals surface area contributed by atoms with Gasteiger partial charge in [-0.25, -0.2) is 0 Å². The third-order valence-electron chi connectivity index (χ3n) is 5.48. The van der Waals surface area contributed by atoms with Crippen molar-refractivity contribution in [1.29, 1.82) is 0 Å². The SMILES string of the molecule is COc1ccccc1NC(=O)CN1C(c2ccccc2)=CC(c2ccccc2)n2nnnc21. The lowest BCUT2D eigenvalue weighted by molar-refractivity contribution is -0.114. The van der Waals surface area contributed by atoms with E-state index in [9.17, 15) is 4.79 Å². The third-order valence-corrected chi connectivity index (χ3v) is 5.48. The van der Waals surface area contributed by atoms with Crippen LogP contribution in [0.5, 0.6) is 5.75 Å². The number of nitrogens with zero attached hydrogens (tertiary/aromatic N) is 5. The number of ether oxygens (including phenoxy) is 1. The first-order chi connectivity index (χ1) is 16.2. The first-order valence-corrected chi connectivity index (χ1v) is 10.5. The lowest BCUT2D eigenvalue weighted by Crippen LogP contribution is -2.37. The average molecular weight is 438 g/mol. The van der Waals surface area contributed by atoms with Crippen molar-refractivity contribution in [3.8, 4) is 5.75 Å². The monoisotopic (exact) mass is 438 g/mol. The number of hydrogen-bond donors (Lipinski definition) is 1. The van der Waals surface area contributed by atoms with Crippen LogP contribution in [0.2, 0.25) is 0 Å². The minimum Gasteiger partial charge on any atom is -0.495 e. The molecule has 1 aromatic heterocycles. The molecule has 8 heteroatoms. The van der Waals surface area contributed by atoms with Gasteiger partial charge in [0.2, 0.25) is 5.91 Å². The molecule has 5 rings (SSSR count). The Hall–Kier alpha value is -4.46. The van der Waals surface area contributed by atoms with E-state index in [1.165, 1.54) is 0 Å². The van der Waals surface area contributed by atoms with Crippen LogP contribution in [-0.2, 0) is 4.79 Å². The second-order valence-electron chi connectivity index (χ2n) is 7.53. The summed E-state index contributed by atoms with van der Waals surface area (Å²) in [7, 11) is 1.57. The summed E-state index contributed by atoms with van der Waals surface area (Å²) < 4.78 is 7.09. The molecule has 0 radical (unpaired) electrons. The van der Waals surface area contributed by atoms with Gasteiger partial charge in [0.25, 0.3) is 5.95 Å². The molecule has 8 nitrogen and oxygen atoms in total. The zero-order chi connectivity index (χ0) is 22.6. The van der Waals surface area contributed by atoms with Crippen LogP contribution < -0.4 is 15.0 Å². The molecule has 164 valence electrons. The van der Waals surface area contributed by atoms with E-state index in [0.29, 0.717) is 17.4 Å². The first kappa shape index (κ1) is 20.4. The molecule has 2 heterocycles. The second kappa shape index (κ2) is 8.96. The molecule has 0 saturated heterocycles. The third kappa shape index (κ3) is 4.06. The Bertz CT molecular complexity index is 1290. The largest absolute Gasteiger partial charge is 0.495 e. The molecule has 0 bridgehead atoms. The number of carbonyl (C=O) groups excluding carboxylic acids is 1. The highest BCUT2D eigenvalue weighted by atomic mass is 16.5. The van der Waals surface area contributed by atoms with Crippen LogP contribution in [0.25, 0.3) is 5.70 Å². The molecule has 1 unspecified atom stereocenters. The Morgan fingerprint density at radius 2 is 1.67 bits per heavy atom. The predicted molar refractivity (Wildman–Crippen MR) is 126 cm³/mol. The van der Waals surface area contributed by atoms with Gasteiger partial charge in [-0.05, 0) is 39.8 Å². The van der Waals surface area contributed by atoms with E-state index in [2.05, 4.69) is 26.9 Å². The number of nitrogens with one attached hydrogen (secondary N) is 1. The summed E-state index contributed by atoms with van der Waals surface area (Å²) in [5, 5.41) is 15.3. The Labute approximate surface area is 191 Å². The van der Waals surface area contributed by atoms with Gasteiger partial charge in [0.15, 0.2) is 0 Å². The number of benzene rings is 3. The number of fused-ring (bicyclic) bond motifs is 1. The summed E-state index contributed by atoms with van der Waals surface area (Å²) in [6, 6.07) is 27.1. The Balaban J connectivity index is 1.52. The molecule has 3 aromatic carbocycles. The molecule has 0 fully saturated rings. The zero-order valence-corrected chi connectivity index (χ0v) is 18.0. The molecule has 1 aliphatic heterocycles. The van der Waals surface area contributed by atoms with Crippen molar-refractivity contribution in [2.75, 3.05) is 23.9 Å². The topological polar surface area (TPSA) is 85.2 Å². The minimum absolute atomic E-state index is 0.0284. The predicted octanol–water partition coefficient (Wildman–Crippen LogP) is 3.77. The van der Waals surface area contributed by atoms with E-state index in [4.69, 9.17) is 4.74 Å². The van der Waals surface area contributed by atoms with Crippen molar-refractivity contribution in [2.24, 2.45) is 0 Å². The fourth-order valence-corrected chi connectivity index (χ4v) is 3.95. The summed E-state index contributed by atoms with van der Waals surface area (Å²) in [5.74, 6) is 0.881. The van der Waals surface area contributed by atoms with Crippen molar-refractivity contribution in [1.82, 2.24) is 20.2 Å². The van der Waals surface area contributed by atoms with E-state index in [-0.39, 0.29) is 18.5 Å². The molecule has 1 N–H and O–H groups in total. The van der Waals surface area contributed by atoms with Crippen LogP contribution in [0.4, 0.5) is 11.6 Å². The van der Waals surface area contributed by atoms with Gasteiger partial charge in [-0.3, -0.25) is 9.69 Å². The lowest BCUT2D eigenvalue weighted by Gasteiger charge is -2.32. The molecule has 33 heavy (non-hydrogen) atoms. The highest BCUT2D eigenvalue weighted by molar-refractivity contribution is 5.98. The van der Waals surface area contributed by atoms with Gasteiger partial charge >= 0.3 is 0 Å². The number of methoxy groups -OCH3 is 1. The van der Waals surface area contributed by atoms with E-state index in [1.807, 2.05) is 77.7 Å².